The van der Waals surface area contributed by atoms with E-state index in [9.17, 15) is 13.2 Å². The average Bonchev–Trinajstić information content (AvgIpc) is 2.85. The molecule has 1 saturated heterocycles. The van der Waals surface area contributed by atoms with Gasteiger partial charge in [-0.3, -0.25) is 4.79 Å². The molecule has 2 atom stereocenters. The lowest BCUT2D eigenvalue weighted by Gasteiger charge is -2.34. The zero-order valence-electron chi connectivity index (χ0n) is 19.4. The Morgan fingerprint density at radius 2 is 1.47 bits per heavy atom. The van der Waals surface area contributed by atoms with Crippen molar-refractivity contribution in [3.8, 4) is 0 Å². The predicted octanol–water partition coefficient (Wildman–Crippen LogP) is 4.05. The third kappa shape index (κ3) is 5.55. The summed E-state index contributed by atoms with van der Waals surface area (Å²) in [5.41, 5.74) is 2.51. The summed E-state index contributed by atoms with van der Waals surface area (Å²) in [6, 6.07) is 26.3. The highest BCUT2D eigenvalue weighted by molar-refractivity contribution is 7.89. The van der Waals surface area contributed by atoms with Crippen molar-refractivity contribution in [1.82, 2.24) is 9.62 Å². The molecule has 1 heterocycles. The van der Waals surface area contributed by atoms with Crippen LogP contribution in [0, 0.1) is 0 Å². The van der Waals surface area contributed by atoms with Crippen molar-refractivity contribution >= 4 is 15.9 Å². The Morgan fingerprint density at radius 1 is 0.912 bits per heavy atom. The molecule has 0 aromatic heterocycles. The fraction of sp³-hybridized carbons (Fsp3) is 0.296. The molecule has 0 radical (unpaired) electrons. The van der Waals surface area contributed by atoms with Crippen molar-refractivity contribution in [1.29, 1.82) is 0 Å². The van der Waals surface area contributed by atoms with Crippen LogP contribution >= 0.6 is 0 Å². The van der Waals surface area contributed by atoms with Crippen LogP contribution in [0.1, 0.15) is 41.3 Å². The second-order valence-electron chi connectivity index (χ2n) is 8.69. The van der Waals surface area contributed by atoms with Crippen LogP contribution in [0.3, 0.4) is 0 Å². The van der Waals surface area contributed by atoms with Crippen molar-refractivity contribution in [2.45, 2.75) is 36.9 Å². The van der Waals surface area contributed by atoms with Gasteiger partial charge in [0.1, 0.15) is 0 Å². The van der Waals surface area contributed by atoms with Gasteiger partial charge in [-0.1, -0.05) is 66.7 Å². The number of nitrogens with one attached hydrogen (secondary N) is 1. The van der Waals surface area contributed by atoms with Crippen molar-refractivity contribution in [3.05, 3.63) is 102 Å². The van der Waals surface area contributed by atoms with Gasteiger partial charge in [-0.2, -0.15) is 4.31 Å². The number of amides is 1. The number of hydrogen-bond acceptors (Lipinski definition) is 4. The lowest BCUT2D eigenvalue weighted by molar-refractivity contribution is -0.0440. The van der Waals surface area contributed by atoms with Gasteiger partial charge < -0.3 is 10.1 Å². The zero-order valence-corrected chi connectivity index (χ0v) is 20.2. The molecule has 1 fully saturated rings. The molecule has 0 saturated carbocycles. The number of carbonyl (C=O) groups is 1. The van der Waals surface area contributed by atoms with Crippen LogP contribution in [0.4, 0.5) is 0 Å². The second-order valence-corrected chi connectivity index (χ2v) is 10.6. The molecule has 178 valence electrons. The molecule has 0 bridgehead atoms. The van der Waals surface area contributed by atoms with E-state index in [2.05, 4.69) is 5.32 Å². The van der Waals surface area contributed by atoms with E-state index in [0.29, 0.717) is 25.2 Å². The predicted molar refractivity (Wildman–Crippen MR) is 132 cm³/mol. The maximum absolute atomic E-state index is 13.2. The summed E-state index contributed by atoms with van der Waals surface area (Å²) < 4.78 is 33.6. The fourth-order valence-corrected chi connectivity index (χ4v) is 6.01. The highest BCUT2D eigenvalue weighted by Gasteiger charge is 2.32. The quantitative estimate of drug-likeness (QED) is 0.556. The molecule has 3 aromatic rings. The molecular weight excluding hydrogens is 448 g/mol. The van der Waals surface area contributed by atoms with Crippen LogP contribution in [-0.4, -0.2) is 50.5 Å². The van der Waals surface area contributed by atoms with Gasteiger partial charge in [-0.25, -0.2) is 8.42 Å². The maximum Gasteiger partial charge on any atom is 0.251 e. The summed E-state index contributed by atoms with van der Waals surface area (Å²) in [6.45, 7) is 4.69. The molecule has 0 spiro atoms. The summed E-state index contributed by atoms with van der Waals surface area (Å²) in [7, 11) is -3.73. The Kier molecular flexibility index (Phi) is 7.46. The normalized spacial score (nSPS) is 19.1. The molecule has 1 aliphatic heterocycles. The van der Waals surface area contributed by atoms with E-state index in [1.807, 2.05) is 74.5 Å². The third-order valence-corrected chi connectivity index (χ3v) is 7.82. The van der Waals surface area contributed by atoms with E-state index in [0.717, 1.165) is 11.1 Å². The van der Waals surface area contributed by atoms with Crippen LogP contribution in [0.2, 0.25) is 0 Å². The molecule has 1 amide bonds. The molecule has 34 heavy (non-hydrogen) atoms. The summed E-state index contributed by atoms with van der Waals surface area (Å²) in [5.74, 6) is -0.327. The van der Waals surface area contributed by atoms with Crippen molar-refractivity contribution in [2.24, 2.45) is 0 Å². The molecule has 7 heteroatoms. The van der Waals surface area contributed by atoms with Crippen LogP contribution in [-0.2, 0) is 14.8 Å². The molecular formula is C27H30N2O4S. The van der Waals surface area contributed by atoms with E-state index in [4.69, 9.17) is 4.74 Å². The number of nitrogens with zero attached hydrogens (tertiary/aromatic N) is 1. The first-order valence-corrected chi connectivity index (χ1v) is 12.9. The van der Waals surface area contributed by atoms with Crippen LogP contribution in [0.5, 0.6) is 0 Å². The van der Waals surface area contributed by atoms with E-state index >= 15 is 0 Å². The van der Waals surface area contributed by atoms with Crippen molar-refractivity contribution in [2.75, 3.05) is 19.6 Å². The molecule has 3 aromatic carbocycles. The van der Waals surface area contributed by atoms with E-state index in [1.54, 1.807) is 12.1 Å². The first-order valence-electron chi connectivity index (χ1n) is 11.5. The summed E-state index contributed by atoms with van der Waals surface area (Å²) in [6.07, 6.45) is -0.365. The highest BCUT2D eigenvalue weighted by atomic mass is 32.2. The second kappa shape index (κ2) is 10.5. The largest absolute Gasteiger partial charge is 0.373 e. The van der Waals surface area contributed by atoms with Gasteiger partial charge in [-0.05, 0) is 43.2 Å². The Bertz CT molecular complexity index is 1170. The van der Waals surface area contributed by atoms with Gasteiger partial charge in [0.25, 0.3) is 5.91 Å². The summed E-state index contributed by atoms with van der Waals surface area (Å²) in [4.78, 5) is 13.1. The highest BCUT2D eigenvalue weighted by Crippen LogP contribution is 2.25. The monoisotopic (exact) mass is 478 g/mol. The topological polar surface area (TPSA) is 75.7 Å². The third-order valence-electron chi connectivity index (χ3n) is 5.99. The molecule has 2 unspecified atom stereocenters. The molecule has 6 nitrogen and oxygen atoms in total. The van der Waals surface area contributed by atoms with E-state index < -0.39 is 10.0 Å². The first-order chi connectivity index (χ1) is 16.3. The van der Waals surface area contributed by atoms with Crippen LogP contribution < -0.4 is 5.32 Å². The average molecular weight is 479 g/mol. The smallest absolute Gasteiger partial charge is 0.251 e. The molecule has 4 rings (SSSR count). The number of benzene rings is 3. The van der Waals surface area contributed by atoms with Gasteiger partial charge in [0.15, 0.2) is 0 Å². The number of hydrogen-bond donors (Lipinski definition) is 1. The van der Waals surface area contributed by atoms with Crippen molar-refractivity contribution < 1.29 is 17.9 Å². The maximum atomic E-state index is 13.2. The summed E-state index contributed by atoms with van der Waals surface area (Å²) in [5, 5.41) is 3.00. The number of ether oxygens (including phenoxy) is 1. The van der Waals surface area contributed by atoms with Crippen LogP contribution in [0.25, 0.3) is 0 Å². The van der Waals surface area contributed by atoms with Crippen LogP contribution in [0.15, 0.2) is 89.8 Å². The van der Waals surface area contributed by atoms with Gasteiger partial charge in [0.2, 0.25) is 10.0 Å². The lowest BCUT2D eigenvalue weighted by atomic mass is 9.91. The lowest BCUT2D eigenvalue weighted by Crippen LogP contribution is -2.48. The number of sulfonamides is 1. The van der Waals surface area contributed by atoms with Gasteiger partial charge >= 0.3 is 0 Å². The SMILES string of the molecule is CC1CN(S(=O)(=O)c2cccc(C(=O)NCC(c3ccccc3)c3ccccc3)c2)CC(C)O1. The van der Waals surface area contributed by atoms with E-state index in [1.165, 1.54) is 16.4 Å². The standard InChI is InChI=1S/C27H30N2O4S/c1-20-18-29(19-21(2)33-20)34(31,32)25-15-9-14-24(16-25)27(30)28-17-26(22-10-5-3-6-11-22)23-12-7-4-8-13-23/h3-16,20-21,26H,17-19H2,1-2H3,(H,28,30). The van der Waals surface area contributed by atoms with Gasteiger partial charge in [0, 0.05) is 31.1 Å². The Balaban J connectivity index is 1.52. The Labute approximate surface area is 201 Å². The Morgan fingerprint density at radius 3 is 2.03 bits per heavy atom. The minimum Gasteiger partial charge on any atom is -0.373 e. The first kappa shape index (κ1) is 24.1. The number of rotatable bonds is 7. The molecule has 1 N–H and O–H groups in total. The minimum absolute atomic E-state index is 0.0189. The summed E-state index contributed by atoms with van der Waals surface area (Å²) >= 11 is 0. The number of carbonyl (C=O) groups excluding carboxylic acids is 1. The Hall–Kier alpha value is -3.00. The van der Waals surface area contributed by atoms with Gasteiger partial charge in [0.05, 0.1) is 17.1 Å². The fourth-order valence-electron chi connectivity index (χ4n) is 4.37. The molecule has 0 aliphatic carbocycles. The van der Waals surface area contributed by atoms with Crippen molar-refractivity contribution in [3.63, 3.8) is 0 Å². The molecule has 1 aliphatic rings. The van der Waals surface area contributed by atoms with E-state index in [-0.39, 0.29) is 28.9 Å². The zero-order chi connectivity index (χ0) is 24.1. The minimum atomic E-state index is -3.73. The van der Waals surface area contributed by atoms with Gasteiger partial charge in [-0.15, -0.1) is 0 Å². The number of morpholine rings is 1.